The predicted molar refractivity (Wildman–Crippen MR) is 251 cm³/mol. The van der Waals surface area contributed by atoms with Crippen LogP contribution in [0.15, 0.2) is 176 Å². The molecule has 0 saturated heterocycles. The summed E-state index contributed by atoms with van der Waals surface area (Å²) in [6.45, 7) is 13.4. The van der Waals surface area contributed by atoms with Crippen molar-refractivity contribution in [3.8, 4) is 33.9 Å². The number of aromatic nitrogens is 3. The third-order valence-electron chi connectivity index (χ3n) is 11.6. The van der Waals surface area contributed by atoms with Crippen LogP contribution in [0, 0.1) is 41.5 Å². The fourth-order valence-electron chi connectivity index (χ4n) is 9.14. The number of fused-ring (bicyclic) bond motifs is 1. The fourth-order valence-corrected chi connectivity index (χ4v) is 9.14. The number of aryl methyl sites for hydroxylation is 6. The van der Waals surface area contributed by atoms with Gasteiger partial charge in [0, 0.05) is 28.4 Å². The molecule has 0 N–H and O–H groups in total. The Bertz CT molecular complexity index is 2880. The molecule has 0 aliphatic heterocycles. The minimum atomic E-state index is 0.0509. The normalized spacial score (nSPS) is 11.3. The molecule has 8 aromatic carbocycles. The Labute approximate surface area is 353 Å². The van der Waals surface area contributed by atoms with E-state index in [1.54, 1.807) is 0 Å². The molecule has 0 amide bonds. The van der Waals surface area contributed by atoms with Gasteiger partial charge in [-0.05, 0) is 127 Å². The summed E-state index contributed by atoms with van der Waals surface area (Å²) in [5, 5.41) is 2.22. The van der Waals surface area contributed by atoms with Crippen molar-refractivity contribution in [3.05, 3.63) is 226 Å². The number of nitrogens with zero attached hydrogens (tertiary/aromatic N) is 4. The van der Waals surface area contributed by atoms with Crippen molar-refractivity contribution in [3.63, 3.8) is 0 Å². The molecule has 0 radical (unpaired) electrons. The second-order valence-electron chi connectivity index (χ2n) is 16.1. The highest BCUT2D eigenvalue weighted by molar-refractivity contribution is 5.95. The SMILES string of the molecule is Cc1cc(C)c(C(c2ccc(N(c3cccc(-c4ccccc4)c3)c3nc(-c4ccccc4)nc(-c4cccc5ccccc45)n3)cc2)c2c(C)cc(C)cc2C)c(C)c1. The Hall–Kier alpha value is -7.17. The number of hydrogen-bond donors (Lipinski definition) is 0. The predicted octanol–water partition coefficient (Wildman–Crippen LogP) is 14.5. The van der Waals surface area contributed by atoms with Crippen LogP contribution >= 0.6 is 0 Å². The van der Waals surface area contributed by atoms with Crippen LogP contribution in [0.2, 0.25) is 0 Å². The highest BCUT2D eigenvalue weighted by atomic mass is 15.3. The first-order valence-corrected chi connectivity index (χ1v) is 20.7. The van der Waals surface area contributed by atoms with Crippen molar-refractivity contribution < 1.29 is 0 Å². The zero-order valence-corrected chi connectivity index (χ0v) is 35.1. The molecule has 292 valence electrons. The Morgan fingerprint density at radius 3 is 1.55 bits per heavy atom. The van der Waals surface area contributed by atoms with E-state index in [0.717, 1.165) is 44.4 Å². The van der Waals surface area contributed by atoms with Crippen molar-refractivity contribution in [1.82, 2.24) is 15.0 Å². The molecule has 0 unspecified atom stereocenters. The summed E-state index contributed by atoms with van der Waals surface area (Å²) in [5.74, 6) is 1.82. The summed E-state index contributed by atoms with van der Waals surface area (Å²) in [5.41, 5.74) is 17.8. The zero-order chi connectivity index (χ0) is 41.3. The smallest absolute Gasteiger partial charge is 0.238 e. The van der Waals surface area contributed by atoms with E-state index >= 15 is 0 Å². The van der Waals surface area contributed by atoms with Gasteiger partial charge in [0.15, 0.2) is 11.6 Å². The van der Waals surface area contributed by atoms with E-state index in [0.29, 0.717) is 17.6 Å². The maximum Gasteiger partial charge on any atom is 0.238 e. The van der Waals surface area contributed by atoms with Crippen LogP contribution in [0.25, 0.3) is 44.7 Å². The molecule has 0 aliphatic carbocycles. The van der Waals surface area contributed by atoms with Crippen LogP contribution in [0.4, 0.5) is 17.3 Å². The molecule has 4 nitrogen and oxygen atoms in total. The van der Waals surface area contributed by atoms with Gasteiger partial charge in [-0.1, -0.05) is 163 Å². The molecule has 1 aromatic heterocycles. The summed E-state index contributed by atoms with van der Waals surface area (Å²) in [6.07, 6.45) is 0. The Kier molecular flexibility index (Phi) is 10.4. The average Bonchev–Trinajstić information content (AvgIpc) is 3.26. The van der Waals surface area contributed by atoms with Crippen molar-refractivity contribution in [2.75, 3.05) is 4.90 Å². The summed E-state index contributed by atoms with van der Waals surface area (Å²) in [6, 6.07) is 62.5. The lowest BCUT2D eigenvalue weighted by molar-refractivity contribution is 0.919. The van der Waals surface area contributed by atoms with Crippen LogP contribution < -0.4 is 4.90 Å². The van der Waals surface area contributed by atoms with Gasteiger partial charge in [0.25, 0.3) is 0 Å². The molecule has 0 aliphatic rings. The van der Waals surface area contributed by atoms with Crippen LogP contribution in [0.1, 0.15) is 56.0 Å². The van der Waals surface area contributed by atoms with Crippen LogP contribution in [-0.4, -0.2) is 15.0 Å². The van der Waals surface area contributed by atoms with E-state index in [4.69, 9.17) is 15.0 Å². The number of hydrogen-bond acceptors (Lipinski definition) is 4. The monoisotopic (exact) mass is 776 g/mol. The molecule has 0 saturated carbocycles. The Morgan fingerprint density at radius 1 is 0.400 bits per heavy atom. The van der Waals surface area contributed by atoms with Gasteiger partial charge in [0.2, 0.25) is 5.95 Å². The van der Waals surface area contributed by atoms with E-state index in [1.165, 1.54) is 50.1 Å². The standard InChI is InChI=1S/C56H48N4/c1-36-31-38(3)51(39(4)32-36)53(52-40(5)33-37(2)34-41(52)6)44-27-29-47(30-28-44)60(48-24-15-23-46(35-48)42-17-9-7-10-18-42)56-58-54(45-20-11-8-12-21-45)57-55(59-56)50-26-16-22-43-19-13-14-25-49(43)50/h7-35,53H,1-6H3. The van der Waals surface area contributed by atoms with E-state index in [9.17, 15) is 0 Å². The molecule has 0 spiro atoms. The summed E-state index contributed by atoms with van der Waals surface area (Å²) < 4.78 is 0. The van der Waals surface area contributed by atoms with Crippen LogP contribution in [-0.2, 0) is 0 Å². The van der Waals surface area contributed by atoms with Crippen molar-refractivity contribution in [2.45, 2.75) is 47.5 Å². The summed E-state index contributed by atoms with van der Waals surface area (Å²) in [4.78, 5) is 18.0. The van der Waals surface area contributed by atoms with E-state index in [1.807, 2.05) is 18.2 Å². The van der Waals surface area contributed by atoms with Crippen LogP contribution in [0.5, 0.6) is 0 Å². The highest BCUT2D eigenvalue weighted by Crippen LogP contribution is 2.42. The van der Waals surface area contributed by atoms with Crippen molar-refractivity contribution in [2.24, 2.45) is 0 Å². The van der Waals surface area contributed by atoms with Gasteiger partial charge < -0.3 is 0 Å². The first-order valence-electron chi connectivity index (χ1n) is 20.7. The van der Waals surface area contributed by atoms with Crippen molar-refractivity contribution in [1.29, 1.82) is 0 Å². The molecular formula is C56H48N4. The second-order valence-corrected chi connectivity index (χ2v) is 16.1. The first kappa shape index (κ1) is 38.4. The van der Waals surface area contributed by atoms with Crippen molar-refractivity contribution >= 4 is 28.1 Å². The first-order chi connectivity index (χ1) is 29.2. The van der Waals surface area contributed by atoms with Gasteiger partial charge >= 0.3 is 0 Å². The van der Waals surface area contributed by atoms with Gasteiger partial charge in [-0.3, -0.25) is 4.90 Å². The molecule has 0 atom stereocenters. The fraction of sp³-hybridized carbons (Fsp3) is 0.125. The molecule has 60 heavy (non-hydrogen) atoms. The van der Waals surface area contributed by atoms with E-state index in [-0.39, 0.29) is 5.92 Å². The lowest BCUT2D eigenvalue weighted by Gasteiger charge is -2.28. The number of anilines is 3. The topological polar surface area (TPSA) is 41.9 Å². The van der Waals surface area contributed by atoms with Crippen LogP contribution in [0.3, 0.4) is 0 Å². The quantitative estimate of drug-likeness (QED) is 0.137. The molecule has 0 bridgehead atoms. The lowest BCUT2D eigenvalue weighted by atomic mass is 9.77. The van der Waals surface area contributed by atoms with E-state index in [2.05, 4.69) is 204 Å². The number of benzene rings is 8. The molecular weight excluding hydrogens is 729 g/mol. The average molecular weight is 777 g/mol. The third-order valence-corrected chi connectivity index (χ3v) is 11.6. The second kappa shape index (κ2) is 16.2. The molecule has 9 rings (SSSR count). The third kappa shape index (κ3) is 7.49. The maximum atomic E-state index is 5.35. The summed E-state index contributed by atoms with van der Waals surface area (Å²) in [7, 11) is 0. The van der Waals surface area contributed by atoms with Gasteiger partial charge in [-0.25, -0.2) is 4.98 Å². The maximum absolute atomic E-state index is 5.35. The molecule has 1 heterocycles. The van der Waals surface area contributed by atoms with E-state index < -0.39 is 0 Å². The molecule has 9 aromatic rings. The highest BCUT2D eigenvalue weighted by Gasteiger charge is 2.26. The van der Waals surface area contributed by atoms with Gasteiger partial charge in [0.1, 0.15) is 0 Å². The lowest BCUT2D eigenvalue weighted by Crippen LogP contribution is -2.16. The Balaban J connectivity index is 1.27. The van der Waals surface area contributed by atoms with Gasteiger partial charge in [-0.2, -0.15) is 9.97 Å². The largest absolute Gasteiger partial charge is 0.279 e. The zero-order valence-electron chi connectivity index (χ0n) is 35.1. The summed E-state index contributed by atoms with van der Waals surface area (Å²) >= 11 is 0. The van der Waals surface area contributed by atoms with Gasteiger partial charge in [0.05, 0.1) is 0 Å². The molecule has 0 fully saturated rings. The van der Waals surface area contributed by atoms with Gasteiger partial charge in [-0.15, -0.1) is 0 Å². The number of rotatable bonds is 9. The Morgan fingerprint density at radius 2 is 0.917 bits per heavy atom. The minimum absolute atomic E-state index is 0.0509. The molecule has 4 heteroatoms. The minimum Gasteiger partial charge on any atom is -0.279 e.